The number of thioether (sulfide) groups is 1. The Morgan fingerprint density at radius 3 is 2.92 bits per heavy atom. The first-order chi connectivity index (χ1) is 5.86. The van der Waals surface area contributed by atoms with Crippen molar-refractivity contribution in [1.82, 2.24) is 0 Å². The molecule has 0 aromatic rings. The summed E-state index contributed by atoms with van der Waals surface area (Å²) in [5.74, 6) is 0. The van der Waals surface area contributed by atoms with Gasteiger partial charge in [0.25, 0.3) is 0 Å². The number of allylic oxidation sites excluding steroid dienone is 2. The summed E-state index contributed by atoms with van der Waals surface area (Å²) in [6.45, 7) is 2.27. The second-order valence-corrected chi connectivity index (χ2v) is 4.76. The molecular weight excluding hydrogens is 164 g/mol. The summed E-state index contributed by atoms with van der Waals surface area (Å²) < 4.78 is 0. The van der Waals surface area contributed by atoms with Crippen LogP contribution < -0.4 is 0 Å². The van der Waals surface area contributed by atoms with Gasteiger partial charge in [0, 0.05) is 5.25 Å². The number of hydrogen-bond donors (Lipinski definition) is 0. The third-order valence-corrected chi connectivity index (χ3v) is 3.62. The highest BCUT2D eigenvalue weighted by Gasteiger charge is 2.14. The van der Waals surface area contributed by atoms with E-state index in [4.69, 9.17) is 0 Å². The van der Waals surface area contributed by atoms with Gasteiger partial charge in [0.05, 0.1) is 0 Å². The molecule has 0 spiro atoms. The molecule has 1 rings (SSSR count). The van der Waals surface area contributed by atoms with Gasteiger partial charge in [-0.25, -0.2) is 0 Å². The van der Waals surface area contributed by atoms with E-state index in [-0.39, 0.29) is 0 Å². The molecule has 0 nitrogen and oxygen atoms in total. The van der Waals surface area contributed by atoms with Gasteiger partial charge in [-0.15, -0.1) is 0 Å². The van der Waals surface area contributed by atoms with Gasteiger partial charge in [-0.1, -0.05) is 31.4 Å². The number of unbranched alkanes of at least 4 members (excludes halogenated alkanes) is 2. The topological polar surface area (TPSA) is 0 Å². The first-order valence-electron chi connectivity index (χ1n) is 5.07. The van der Waals surface area contributed by atoms with Crippen molar-refractivity contribution in [2.24, 2.45) is 0 Å². The van der Waals surface area contributed by atoms with Crippen LogP contribution in [-0.2, 0) is 0 Å². The Hall–Kier alpha value is 0.0900. The van der Waals surface area contributed by atoms with Gasteiger partial charge < -0.3 is 0 Å². The third-order valence-electron chi connectivity index (χ3n) is 2.59. The zero-order valence-electron chi connectivity index (χ0n) is 8.31. The molecule has 0 heterocycles. The highest BCUT2D eigenvalue weighted by molar-refractivity contribution is 7.99. The molecule has 0 amide bonds. The molecule has 70 valence electrons. The quantitative estimate of drug-likeness (QED) is 0.459. The molecular formula is C11H20S. The lowest BCUT2D eigenvalue weighted by Gasteiger charge is -2.05. The minimum atomic E-state index is 0.904. The van der Waals surface area contributed by atoms with Crippen molar-refractivity contribution in [3.8, 4) is 0 Å². The van der Waals surface area contributed by atoms with Crippen LogP contribution in [0.5, 0.6) is 0 Å². The Morgan fingerprint density at radius 2 is 2.33 bits per heavy atom. The summed E-state index contributed by atoms with van der Waals surface area (Å²) >= 11 is 2.02. The van der Waals surface area contributed by atoms with Crippen molar-refractivity contribution < 1.29 is 0 Å². The van der Waals surface area contributed by atoms with Gasteiger partial charge in [-0.05, 0) is 31.9 Å². The maximum Gasteiger partial charge on any atom is 0.0116 e. The first-order valence-corrected chi connectivity index (χ1v) is 6.36. The lowest BCUT2D eigenvalue weighted by molar-refractivity contribution is 0.702. The largest absolute Gasteiger partial charge is 0.161 e. The van der Waals surface area contributed by atoms with E-state index in [1.165, 1.54) is 38.5 Å². The van der Waals surface area contributed by atoms with Gasteiger partial charge in [0.1, 0.15) is 0 Å². The molecule has 0 aromatic heterocycles. The Kier molecular flexibility index (Phi) is 4.82. The molecule has 0 aromatic carbocycles. The van der Waals surface area contributed by atoms with Crippen LogP contribution in [0, 0.1) is 0 Å². The summed E-state index contributed by atoms with van der Waals surface area (Å²) in [6.07, 6.45) is 12.9. The minimum Gasteiger partial charge on any atom is -0.161 e. The van der Waals surface area contributed by atoms with Gasteiger partial charge in [0.15, 0.2) is 0 Å². The minimum absolute atomic E-state index is 0.904. The zero-order chi connectivity index (χ0) is 8.81. The third kappa shape index (κ3) is 3.22. The molecule has 0 bridgehead atoms. The van der Waals surface area contributed by atoms with Gasteiger partial charge in [-0.3, -0.25) is 0 Å². The molecule has 1 heteroatoms. The molecule has 12 heavy (non-hydrogen) atoms. The molecule has 0 aliphatic heterocycles. The molecule has 0 fully saturated rings. The van der Waals surface area contributed by atoms with Crippen LogP contribution in [0.2, 0.25) is 0 Å². The predicted octanol–water partition coefficient (Wildman–Crippen LogP) is 4.02. The summed E-state index contributed by atoms with van der Waals surface area (Å²) in [5.41, 5.74) is 1.72. The van der Waals surface area contributed by atoms with Crippen LogP contribution in [0.25, 0.3) is 0 Å². The average Bonchev–Trinajstić information content (AvgIpc) is 2.53. The van der Waals surface area contributed by atoms with E-state index >= 15 is 0 Å². The van der Waals surface area contributed by atoms with Crippen molar-refractivity contribution in [3.63, 3.8) is 0 Å². The first kappa shape index (κ1) is 10.2. The van der Waals surface area contributed by atoms with E-state index in [2.05, 4.69) is 19.3 Å². The smallest absolute Gasteiger partial charge is 0.0116 e. The van der Waals surface area contributed by atoms with E-state index in [0.717, 1.165) is 5.25 Å². The summed E-state index contributed by atoms with van der Waals surface area (Å²) in [4.78, 5) is 0. The van der Waals surface area contributed by atoms with Gasteiger partial charge in [0.2, 0.25) is 0 Å². The lowest BCUT2D eigenvalue weighted by atomic mass is 10.1. The van der Waals surface area contributed by atoms with Crippen LogP contribution in [-0.4, -0.2) is 11.5 Å². The Bertz CT molecular complexity index is 149. The molecule has 1 atom stereocenters. The monoisotopic (exact) mass is 184 g/mol. The molecule has 1 unspecified atom stereocenters. The standard InChI is InChI=1S/C11H20S/c1-3-4-5-6-10-7-8-11(9-10)12-2/h7,11H,3-6,8-9H2,1-2H3. The summed E-state index contributed by atoms with van der Waals surface area (Å²) in [5, 5.41) is 0.904. The molecule has 0 saturated heterocycles. The van der Waals surface area contributed by atoms with Gasteiger partial charge >= 0.3 is 0 Å². The highest BCUT2D eigenvalue weighted by atomic mass is 32.2. The fourth-order valence-corrected chi connectivity index (χ4v) is 2.41. The van der Waals surface area contributed by atoms with Crippen molar-refractivity contribution >= 4 is 11.8 Å². The summed E-state index contributed by atoms with van der Waals surface area (Å²) in [6, 6.07) is 0. The number of hydrogen-bond acceptors (Lipinski definition) is 1. The Labute approximate surface area is 80.8 Å². The lowest BCUT2D eigenvalue weighted by Crippen LogP contribution is -1.94. The van der Waals surface area contributed by atoms with Gasteiger partial charge in [-0.2, -0.15) is 11.8 Å². The highest BCUT2D eigenvalue weighted by Crippen LogP contribution is 2.30. The molecule has 0 radical (unpaired) electrons. The van der Waals surface area contributed by atoms with E-state index < -0.39 is 0 Å². The predicted molar refractivity (Wildman–Crippen MR) is 58.8 cm³/mol. The van der Waals surface area contributed by atoms with Crippen LogP contribution in [0.4, 0.5) is 0 Å². The second-order valence-electron chi connectivity index (χ2n) is 3.62. The van der Waals surface area contributed by atoms with E-state index in [1.54, 1.807) is 5.57 Å². The van der Waals surface area contributed by atoms with Crippen molar-refractivity contribution in [3.05, 3.63) is 11.6 Å². The molecule has 1 aliphatic carbocycles. The fourth-order valence-electron chi connectivity index (χ4n) is 1.74. The van der Waals surface area contributed by atoms with Crippen LogP contribution in [0.1, 0.15) is 45.4 Å². The van der Waals surface area contributed by atoms with Crippen LogP contribution >= 0.6 is 11.8 Å². The Balaban J connectivity index is 2.10. The van der Waals surface area contributed by atoms with E-state index in [0.29, 0.717) is 0 Å². The summed E-state index contributed by atoms with van der Waals surface area (Å²) in [7, 11) is 0. The maximum atomic E-state index is 2.47. The second kappa shape index (κ2) is 5.69. The number of rotatable bonds is 5. The Morgan fingerprint density at radius 1 is 1.50 bits per heavy atom. The van der Waals surface area contributed by atoms with Crippen molar-refractivity contribution in [2.45, 2.75) is 50.7 Å². The molecule has 1 aliphatic rings. The molecule has 0 N–H and O–H groups in total. The zero-order valence-corrected chi connectivity index (χ0v) is 9.12. The van der Waals surface area contributed by atoms with E-state index in [9.17, 15) is 0 Å². The average molecular weight is 184 g/mol. The van der Waals surface area contributed by atoms with Crippen LogP contribution in [0.3, 0.4) is 0 Å². The molecule has 0 saturated carbocycles. The normalized spacial score (nSPS) is 22.8. The fraction of sp³-hybridized carbons (Fsp3) is 0.818. The van der Waals surface area contributed by atoms with Crippen LogP contribution in [0.15, 0.2) is 11.6 Å². The maximum absolute atomic E-state index is 2.47. The van der Waals surface area contributed by atoms with E-state index in [1.807, 2.05) is 11.8 Å². The van der Waals surface area contributed by atoms with Crippen molar-refractivity contribution in [1.29, 1.82) is 0 Å². The SMILES string of the molecule is CCCCCC1=CCC(SC)C1. The van der Waals surface area contributed by atoms with Crippen molar-refractivity contribution in [2.75, 3.05) is 6.26 Å².